The zero-order valence-corrected chi connectivity index (χ0v) is 11.3. The summed E-state index contributed by atoms with van der Waals surface area (Å²) < 4.78 is 13.2. The summed E-state index contributed by atoms with van der Waals surface area (Å²) in [6, 6.07) is 3.29. The Hall–Kier alpha value is -1.98. The summed E-state index contributed by atoms with van der Waals surface area (Å²) in [5.74, 6) is -0.924. The van der Waals surface area contributed by atoms with Gasteiger partial charge in [0.15, 0.2) is 0 Å². The van der Waals surface area contributed by atoms with Crippen molar-refractivity contribution < 1.29 is 14.1 Å². The summed E-state index contributed by atoms with van der Waals surface area (Å²) in [6.07, 6.45) is 4.21. The van der Waals surface area contributed by atoms with Gasteiger partial charge in [0, 0.05) is 17.7 Å². The minimum Gasteiger partial charge on any atom is -0.349 e. The molecule has 1 fully saturated rings. The molecule has 0 unspecified atom stereocenters. The molecule has 0 radical (unpaired) electrons. The predicted octanol–water partition coefficient (Wildman–Crippen LogP) is 3.04. The lowest BCUT2D eigenvalue weighted by Gasteiger charge is -2.29. The van der Waals surface area contributed by atoms with E-state index in [4.69, 9.17) is 0 Å². The molecular weight excluding hydrogens is 263 g/mol. The van der Waals surface area contributed by atoms with Gasteiger partial charge in [-0.2, -0.15) is 4.39 Å². The van der Waals surface area contributed by atoms with Gasteiger partial charge in [-0.05, 0) is 30.9 Å². The van der Waals surface area contributed by atoms with E-state index in [0.717, 1.165) is 37.8 Å². The Morgan fingerprint density at radius 1 is 1.40 bits per heavy atom. The van der Waals surface area contributed by atoms with Crippen LogP contribution in [0.15, 0.2) is 18.2 Å². The number of hydrogen-bond donors (Lipinski definition) is 1. The Morgan fingerprint density at radius 3 is 2.75 bits per heavy atom. The number of nitrogens with one attached hydrogen (secondary N) is 1. The fourth-order valence-corrected chi connectivity index (χ4v) is 2.58. The Bertz CT molecular complexity index is 533. The molecule has 0 saturated heterocycles. The van der Waals surface area contributed by atoms with Crippen LogP contribution in [0.5, 0.6) is 0 Å². The zero-order valence-electron chi connectivity index (χ0n) is 11.3. The van der Waals surface area contributed by atoms with Crippen LogP contribution in [-0.2, 0) is 0 Å². The van der Waals surface area contributed by atoms with Crippen molar-refractivity contribution in [2.24, 2.45) is 5.92 Å². The van der Waals surface area contributed by atoms with E-state index < -0.39 is 16.4 Å². The molecule has 1 aromatic carbocycles. The van der Waals surface area contributed by atoms with Crippen molar-refractivity contribution in [3.63, 3.8) is 0 Å². The highest BCUT2D eigenvalue weighted by molar-refractivity contribution is 5.95. The molecule has 0 spiro atoms. The number of carbonyl (C=O) groups is 1. The predicted molar refractivity (Wildman–Crippen MR) is 71.9 cm³/mol. The van der Waals surface area contributed by atoms with Crippen LogP contribution < -0.4 is 5.32 Å². The lowest BCUT2D eigenvalue weighted by molar-refractivity contribution is -0.387. The molecule has 20 heavy (non-hydrogen) atoms. The van der Waals surface area contributed by atoms with Crippen molar-refractivity contribution >= 4 is 11.6 Å². The number of nitrogens with zero attached hydrogens (tertiary/aromatic N) is 1. The van der Waals surface area contributed by atoms with Crippen LogP contribution >= 0.6 is 0 Å². The minimum atomic E-state index is -0.933. The summed E-state index contributed by atoms with van der Waals surface area (Å²) in [5, 5.41) is 13.6. The molecule has 6 heteroatoms. The lowest BCUT2D eigenvalue weighted by atomic mass is 9.86. The summed E-state index contributed by atoms with van der Waals surface area (Å²) in [4.78, 5) is 21.9. The standard InChI is InChI=1S/C14H17FN2O3/c1-9-4-2-3-5-12(9)16-14(18)10-6-7-11(15)13(8-10)17(19)20/h6-9,12H,2-5H2,1H3,(H,16,18)/t9-,12-/m1/s1. The number of nitro groups is 1. The van der Waals surface area contributed by atoms with Gasteiger partial charge in [-0.25, -0.2) is 0 Å². The second kappa shape index (κ2) is 5.98. The van der Waals surface area contributed by atoms with Crippen LogP contribution in [0.2, 0.25) is 0 Å². The van der Waals surface area contributed by atoms with E-state index >= 15 is 0 Å². The van der Waals surface area contributed by atoms with Crippen molar-refractivity contribution in [2.45, 2.75) is 38.6 Å². The van der Waals surface area contributed by atoms with Gasteiger partial charge >= 0.3 is 5.69 Å². The number of halogens is 1. The highest BCUT2D eigenvalue weighted by Crippen LogP contribution is 2.24. The van der Waals surface area contributed by atoms with Crippen molar-refractivity contribution in [3.05, 3.63) is 39.7 Å². The topological polar surface area (TPSA) is 72.2 Å². The number of nitro benzene ring substituents is 1. The zero-order chi connectivity index (χ0) is 14.7. The largest absolute Gasteiger partial charge is 0.349 e. The number of rotatable bonds is 3. The summed E-state index contributed by atoms with van der Waals surface area (Å²) in [7, 11) is 0. The average molecular weight is 280 g/mol. The van der Waals surface area contributed by atoms with Gasteiger partial charge in [-0.1, -0.05) is 19.8 Å². The van der Waals surface area contributed by atoms with E-state index in [0.29, 0.717) is 5.92 Å². The summed E-state index contributed by atoms with van der Waals surface area (Å²) >= 11 is 0. The van der Waals surface area contributed by atoms with Gasteiger partial charge in [0.1, 0.15) is 0 Å². The maximum absolute atomic E-state index is 13.2. The minimum absolute atomic E-state index is 0.0837. The first kappa shape index (κ1) is 14.4. The third-order valence-electron chi connectivity index (χ3n) is 3.83. The monoisotopic (exact) mass is 280 g/mol. The smallest absolute Gasteiger partial charge is 0.305 e. The van der Waals surface area contributed by atoms with Crippen molar-refractivity contribution in [1.82, 2.24) is 5.32 Å². The third kappa shape index (κ3) is 3.12. The molecule has 1 aliphatic carbocycles. The molecule has 2 atom stereocenters. The molecule has 2 rings (SSSR count). The molecular formula is C14H17FN2O3. The number of amides is 1. The molecule has 1 aromatic rings. The number of benzene rings is 1. The first-order valence-electron chi connectivity index (χ1n) is 6.74. The molecule has 0 aliphatic heterocycles. The van der Waals surface area contributed by atoms with Gasteiger partial charge in [-0.3, -0.25) is 14.9 Å². The van der Waals surface area contributed by atoms with Gasteiger partial charge in [0.05, 0.1) is 4.92 Å². The van der Waals surface area contributed by atoms with Crippen molar-refractivity contribution in [2.75, 3.05) is 0 Å². The molecule has 1 amide bonds. The lowest BCUT2D eigenvalue weighted by Crippen LogP contribution is -2.41. The molecule has 1 aliphatic rings. The SMILES string of the molecule is C[C@@H]1CCCC[C@H]1NC(=O)c1ccc(F)c([N+](=O)[O-])c1. The van der Waals surface area contributed by atoms with Gasteiger partial charge < -0.3 is 5.32 Å². The quantitative estimate of drug-likeness (QED) is 0.683. The van der Waals surface area contributed by atoms with Crippen molar-refractivity contribution in [1.29, 1.82) is 0 Å². The molecule has 5 nitrogen and oxygen atoms in total. The second-order valence-corrected chi connectivity index (χ2v) is 5.26. The molecule has 108 valence electrons. The maximum atomic E-state index is 13.2. The first-order chi connectivity index (χ1) is 9.49. The van der Waals surface area contributed by atoms with E-state index in [-0.39, 0.29) is 17.5 Å². The molecule has 0 bridgehead atoms. The first-order valence-corrected chi connectivity index (χ1v) is 6.74. The molecule has 0 heterocycles. The molecule has 0 aromatic heterocycles. The Morgan fingerprint density at radius 2 is 2.10 bits per heavy atom. The fourth-order valence-electron chi connectivity index (χ4n) is 2.58. The fraction of sp³-hybridized carbons (Fsp3) is 0.500. The van der Waals surface area contributed by atoms with Crippen molar-refractivity contribution in [3.8, 4) is 0 Å². The highest BCUT2D eigenvalue weighted by atomic mass is 19.1. The van der Waals surface area contributed by atoms with Crippen LogP contribution in [-0.4, -0.2) is 16.9 Å². The molecule has 1 N–H and O–H groups in total. The molecule has 1 saturated carbocycles. The van der Waals surface area contributed by atoms with Gasteiger partial charge in [0.2, 0.25) is 5.82 Å². The van der Waals surface area contributed by atoms with E-state index in [1.54, 1.807) is 0 Å². The van der Waals surface area contributed by atoms with E-state index in [9.17, 15) is 19.3 Å². The second-order valence-electron chi connectivity index (χ2n) is 5.26. The normalized spacial score (nSPS) is 22.3. The number of carbonyl (C=O) groups excluding carboxylic acids is 1. The van der Waals surface area contributed by atoms with Crippen LogP contribution in [0.25, 0.3) is 0 Å². The third-order valence-corrected chi connectivity index (χ3v) is 3.83. The Balaban J connectivity index is 2.13. The highest BCUT2D eigenvalue weighted by Gasteiger charge is 2.24. The van der Waals surface area contributed by atoms with E-state index in [2.05, 4.69) is 12.2 Å². The summed E-state index contributed by atoms with van der Waals surface area (Å²) in [6.45, 7) is 2.08. The van der Waals surface area contributed by atoms with Gasteiger partial charge in [-0.15, -0.1) is 0 Å². The van der Waals surface area contributed by atoms with E-state index in [1.807, 2.05) is 0 Å². The average Bonchev–Trinajstić information content (AvgIpc) is 2.41. The maximum Gasteiger partial charge on any atom is 0.305 e. The van der Waals surface area contributed by atoms with Crippen LogP contribution in [0.1, 0.15) is 43.0 Å². The Labute approximate surface area is 116 Å². The Kier molecular flexibility index (Phi) is 4.32. The van der Waals surface area contributed by atoms with Crippen LogP contribution in [0.4, 0.5) is 10.1 Å². The van der Waals surface area contributed by atoms with Gasteiger partial charge in [0.25, 0.3) is 5.91 Å². The number of hydrogen-bond acceptors (Lipinski definition) is 3. The summed E-state index contributed by atoms with van der Waals surface area (Å²) in [5.41, 5.74) is -0.551. The van der Waals surface area contributed by atoms with E-state index in [1.165, 1.54) is 6.07 Å². The van der Waals surface area contributed by atoms with Crippen LogP contribution in [0.3, 0.4) is 0 Å². The van der Waals surface area contributed by atoms with Crippen LogP contribution in [0, 0.1) is 21.8 Å².